The molecule has 1 aromatic carbocycles. The molecule has 0 spiro atoms. The summed E-state index contributed by atoms with van der Waals surface area (Å²) in [4.78, 5) is 16.3. The Morgan fingerprint density at radius 2 is 2.17 bits per heavy atom. The highest BCUT2D eigenvalue weighted by Crippen LogP contribution is 2.20. The van der Waals surface area contributed by atoms with Crippen molar-refractivity contribution in [2.75, 3.05) is 13.2 Å². The average Bonchev–Trinajstić information content (AvgIpc) is 3.21. The van der Waals surface area contributed by atoms with Gasteiger partial charge in [-0.2, -0.15) is 4.98 Å². The Bertz CT molecular complexity index is 687. The monoisotopic (exact) mass is 333 g/mol. The third-order valence-corrected chi connectivity index (χ3v) is 4.15. The summed E-state index contributed by atoms with van der Waals surface area (Å²) in [6, 6.07) is 5.92. The van der Waals surface area contributed by atoms with E-state index in [9.17, 15) is 9.18 Å². The molecule has 1 N–H and O–H groups in total. The maximum absolute atomic E-state index is 12.9. The van der Waals surface area contributed by atoms with Crippen LogP contribution in [0.2, 0.25) is 0 Å². The summed E-state index contributed by atoms with van der Waals surface area (Å²) < 4.78 is 23.5. The normalized spacial score (nSPS) is 20.2. The van der Waals surface area contributed by atoms with Crippen LogP contribution in [0.4, 0.5) is 4.39 Å². The van der Waals surface area contributed by atoms with Gasteiger partial charge in [0.25, 0.3) is 0 Å². The maximum Gasteiger partial charge on any atom is 0.227 e. The van der Waals surface area contributed by atoms with Gasteiger partial charge in [0, 0.05) is 25.1 Å². The predicted molar refractivity (Wildman–Crippen MR) is 84.5 cm³/mol. The van der Waals surface area contributed by atoms with Crippen molar-refractivity contribution in [3.05, 3.63) is 36.0 Å². The minimum absolute atomic E-state index is 0.0146. The second-order valence-electron chi connectivity index (χ2n) is 5.88. The standard InChI is InChI=1S/C17H20FN3O3/c1-11-14(8-10-23-11)17(22)19-9-2-3-15-20-16(21-24-15)12-4-6-13(18)7-5-12/h4-7,11,14H,2-3,8-10H2,1H3,(H,19,22). The number of carbonyl (C=O) groups is 1. The lowest BCUT2D eigenvalue weighted by Gasteiger charge is -2.13. The first-order valence-electron chi connectivity index (χ1n) is 8.11. The Balaban J connectivity index is 1.44. The molecule has 2 atom stereocenters. The van der Waals surface area contributed by atoms with E-state index in [1.807, 2.05) is 6.92 Å². The van der Waals surface area contributed by atoms with Crippen molar-refractivity contribution >= 4 is 5.91 Å². The Hall–Kier alpha value is -2.28. The van der Waals surface area contributed by atoms with E-state index in [0.717, 1.165) is 6.42 Å². The Morgan fingerprint density at radius 1 is 1.38 bits per heavy atom. The molecule has 2 unspecified atom stereocenters. The van der Waals surface area contributed by atoms with E-state index in [0.29, 0.717) is 43.3 Å². The van der Waals surface area contributed by atoms with Crippen LogP contribution in [0, 0.1) is 11.7 Å². The number of nitrogens with zero attached hydrogens (tertiary/aromatic N) is 2. The molecule has 0 aliphatic carbocycles. The van der Waals surface area contributed by atoms with Gasteiger partial charge in [0.2, 0.25) is 17.6 Å². The fourth-order valence-corrected chi connectivity index (χ4v) is 2.73. The topological polar surface area (TPSA) is 77.2 Å². The van der Waals surface area contributed by atoms with Crippen molar-refractivity contribution in [1.82, 2.24) is 15.5 Å². The van der Waals surface area contributed by atoms with Crippen LogP contribution in [0.1, 0.15) is 25.7 Å². The van der Waals surface area contributed by atoms with Crippen molar-refractivity contribution < 1.29 is 18.4 Å². The van der Waals surface area contributed by atoms with Crippen LogP contribution < -0.4 is 5.32 Å². The second-order valence-corrected chi connectivity index (χ2v) is 5.88. The second kappa shape index (κ2) is 7.53. The number of amides is 1. The minimum Gasteiger partial charge on any atom is -0.378 e. The zero-order chi connectivity index (χ0) is 16.9. The van der Waals surface area contributed by atoms with Crippen LogP contribution in [0.15, 0.2) is 28.8 Å². The Morgan fingerprint density at radius 3 is 2.88 bits per heavy atom. The van der Waals surface area contributed by atoms with Crippen LogP contribution in [0.25, 0.3) is 11.4 Å². The number of nitrogens with one attached hydrogen (secondary N) is 1. The molecule has 128 valence electrons. The molecule has 0 saturated carbocycles. The molecule has 24 heavy (non-hydrogen) atoms. The highest BCUT2D eigenvalue weighted by molar-refractivity contribution is 5.79. The molecular weight excluding hydrogens is 313 g/mol. The minimum atomic E-state index is -0.305. The summed E-state index contributed by atoms with van der Waals surface area (Å²) >= 11 is 0. The molecule has 1 fully saturated rings. The number of ether oxygens (including phenoxy) is 1. The smallest absolute Gasteiger partial charge is 0.227 e. The van der Waals surface area contributed by atoms with E-state index >= 15 is 0 Å². The number of benzene rings is 1. The van der Waals surface area contributed by atoms with Gasteiger partial charge in [0.15, 0.2) is 0 Å². The Kier molecular flexibility index (Phi) is 5.20. The molecule has 0 bridgehead atoms. The quantitative estimate of drug-likeness (QED) is 0.821. The van der Waals surface area contributed by atoms with Crippen LogP contribution in [-0.2, 0) is 16.0 Å². The number of hydrogen-bond donors (Lipinski definition) is 1. The van der Waals surface area contributed by atoms with Gasteiger partial charge in [-0.1, -0.05) is 5.16 Å². The van der Waals surface area contributed by atoms with Crippen molar-refractivity contribution in [1.29, 1.82) is 0 Å². The first-order chi connectivity index (χ1) is 11.6. The van der Waals surface area contributed by atoms with Crippen molar-refractivity contribution in [2.24, 2.45) is 5.92 Å². The number of rotatable bonds is 6. The van der Waals surface area contributed by atoms with E-state index in [1.165, 1.54) is 12.1 Å². The Labute approximate surface area is 139 Å². The van der Waals surface area contributed by atoms with Gasteiger partial charge in [-0.15, -0.1) is 0 Å². The first kappa shape index (κ1) is 16.6. The van der Waals surface area contributed by atoms with Gasteiger partial charge in [-0.3, -0.25) is 4.79 Å². The van der Waals surface area contributed by atoms with Gasteiger partial charge in [-0.05, 0) is 44.0 Å². The molecule has 2 aromatic rings. The number of halogens is 1. The first-order valence-corrected chi connectivity index (χ1v) is 8.11. The molecule has 1 aromatic heterocycles. The summed E-state index contributed by atoms with van der Waals surface area (Å²) in [6.45, 7) is 3.12. The van der Waals surface area contributed by atoms with Gasteiger partial charge in [0.05, 0.1) is 12.0 Å². The highest BCUT2D eigenvalue weighted by Gasteiger charge is 2.30. The molecule has 6 nitrogen and oxygen atoms in total. The molecule has 3 rings (SSSR count). The fraction of sp³-hybridized carbons (Fsp3) is 0.471. The molecule has 1 amide bonds. The number of hydrogen-bond acceptors (Lipinski definition) is 5. The number of aryl methyl sites for hydroxylation is 1. The zero-order valence-electron chi connectivity index (χ0n) is 13.5. The third-order valence-electron chi connectivity index (χ3n) is 4.15. The number of carbonyl (C=O) groups excluding carboxylic acids is 1. The lowest BCUT2D eigenvalue weighted by molar-refractivity contribution is -0.126. The predicted octanol–water partition coefficient (Wildman–Crippen LogP) is 2.35. The molecule has 1 aliphatic heterocycles. The van der Waals surface area contributed by atoms with Gasteiger partial charge in [-0.25, -0.2) is 4.39 Å². The van der Waals surface area contributed by atoms with Gasteiger partial charge in [0.1, 0.15) is 5.82 Å². The van der Waals surface area contributed by atoms with Crippen LogP contribution in [0.3, 0.4) is 0 Å². The summed E-state index contributed by atoms with van der Waals surface area (Å²) in [7, 11) is 0. The third kappa shape index (κ3) is 3.97. The summed E-state index contributed by atoms with van der Waals surface area (Å²) in [5.41, 5.74) is 0.704. The van der Waals surface area contributed by atoms with Crippen molar-refractivity contribution in [3.63, 3.8) is 0 Å². The zero-order valence-corrected chi connectivity index (χ0v) is 13.5. The van der Waals surface area contributed by atoms with Crippen LogP contribution in [0.5, 0.6) is 0 Å². The molecule has 0 radical (unpaired) electrons. The molecular formula is C17H20FN3O3. The van der Waals surface area contributed by atoms with Gasteiger partial charge < -0.3 is 14.6 Å². The summed E-state index contributed by atoms with van der Waals surface area (Å²) in [5.74, 6) is 0.614. The average molecular weight is 333 g/mol. The van der Waals surface area contributed by atoms with Gasteiger partial charge >= 0.3 is 0 Å². The molecule has 1 saturated heterocycles. The largest absolute Gasteiger partial charge is 0.378 e. The van der Waals surface area contributed by atoms with Crippen molar-refractivity contribution in [2.45, 2.75) is 32.3 Å². The SMILES string of the molecule is CC1OCCC1C(=O)NCCCc1nc(-c2ccc(F)cc2)no1. The van der Waals surface area contributed by atoms with E-state index in [2.05, 4.69) is 15.5 Å². The van der Waals surface area contributed by atoms with E-state index in [-0.39, 0.29) is 23.7 Å². The lowest BCUT2D eigenvalue weighted by atomic mass is 10.0. The van der Waals surface area contributed by atoms with E-state index in [1.54, 1.807) is 12.1 Å². The molecule has 7 heteroatoms. The maximum atomic E-state index is 12.9. The highest BCUT2D eigenvalue weighted by atomic mass is 19.1. The molecule has 2 heterocycles. The van der Waals surface area contributed by atoms with Crippen LogP contribution in [-0.4, -0.2) is 35.3 Å². The van der Waals surface area contributed by atoms with Crippen LogP contribution >= 0.6 is 0 Å². The summed E-state index contributed by atoms with van der Waals surface area (Å²) in [5, 5.41) is 6.81. The summed E-state index contributed by atoms with van der Waals surface area (Å²) in [6.07, 6.45) is 2.04. The fourth-order valence-electron chi connectivity index (χ4n) is 2.73. The van der Waals surface area contributed by atoms with E-state index in [4.69, 9.17) is 9.26 Å². The van der Waals surface area contributed by atoms with Crippen molar-refractivity contribution in [3.8, 4) is 11.4 Å². The number of aromatic nitrogens is 2. The lowest BCUT2D eigenvalue weighted by Crippen LogP contribution is -2.34. The molecule has 1 aliphatic rings. The van der Waals surface area contributed by atoms with E-state index < -0.39 is 0 Å².